The highest BCUT2D eigenvalue weighted by atomic mass is 16.5. The predicted molar refractivity (Wildman–Crippen MR) is 102 cm³/mol. The maximum Gasteiger partial charge on any atom is 0.343 e. The molecule has 0 aliphatic rings. The minimum absolute atomic E-state index is 0.395. The molecule has 0 saturated carbocycles. The fourth-order valence-corrected chi connectivity index (χ4v) is 2.33. The van der Waals surface area contributed by atoms with Crippen LogP contribution in [0.1, 0.15) is 28.4 Å². The monoisotopic (exact) mass is 345 g/mol. The first-order valence-electron chi connectivity index (χ1n) is 8.38. The third kappa shape index (κ3) is 4.80. The zero-order chi connectivity index (χ0) is 18.2. The highest BCUT2D eigenvalue weighted by Gasteiger charge is 2.08. The third-order valence-corrected chi connectivity index (χ3v) is 3.67. The van der Waals surface area contributed by atoms with Crippen LogP contribution in [0.25, 0.3) is 12.2 Å². The molecule has 4 nitrogen and oxygen atoms in total. The Bertz CT molecular complexity index is 870. The van der Waals surface area contributed by atoms with Crippen LogP contribution in [0, 0.1) is 0 Å². The van der Waals surface area contributed by atoms with Crippen molar-refractivity contribution in [1.82, 2.24) is 4.98 Å². The molecule has 3 aromatic rings. The Labute approximate surface area is 152 Å². The van der Waals surface area contributed by atoms with Gasteiger partial charge in [-0.25, -0.2) is 4.79 Å². The van der Waals surface area contributed by atoms with Gasteiger partial charge in [-0.15, -0.1) is 0 Å². The van der Waals surface area contributed by atoms with Gasteiger partial charge in [0, 0.05) is 12.4 Å². The summed E-state index contributed by atoms with van der Waals surface area (Å²) in [5.74, 6) is 0.840. The van der Waals surface area contributed by atoms with Crippen molar-refractivity contribution in [2.45, 2.75) is 6.92 Å². The third-order valence-electron chi connectivity index (χ3n) is 3.67. The first-order chi connectivity index (χ1) is 12.7. The van der Waals surface area contributed by atoms with E-state index in [0.29, 0.717) is 17.9 Å². The van der Waals surface area contributed by atoms with Crippen molar-refractivity contribution >= 4 is 18.1 Å². The average Bonchev–Trinajstić information content (AvgIpc) is 2.69. The number of esters is 1. The Hall–Kier alpha value is -3.40. The second-order valence-corrected chi connectivity index (χ2v) is 5.53. The summed E-state index contributed by atoms with van der Waals surface area (Å²) in [7, 11) is 0. The number of nitrogens with zero attached hydrogens (tertiary/aromatic N) is 1. The highest BCUT2D eigenvalue weighted by molar-refractivity contribution is 5.91. The molecule has 0 bridgehead atoms. The van der Waals surface area contributed by atoms with Gasteiger partial charge in [0.15, 0.2) is 0 Å². The van der Waals surface area contributed by atoms with E-state index in [2.05, 4.69) is 4.98 Å². The Morgan fingerprint density at radius 2 is 1.42 bits per heavy atom. The Morgan fingerprint density at radius 1 is 0.846 bits per heavy atom. The maximum atomic E-state index is 12.2. The fraction of sp³-hybridized carbons (Fsp3) is 0.0909. The van der Waals surface area contributed by atoms with Gasteiger partial charge in [0.1, 0.15) is 11.5 Å². The molecule has 130 valence electrons. The average molecular weight is 345 g/mol. The number of aromatic nitrogens is 1. The molecule has 0 N–H and O–H groups in total. The molecule has 0 unspecified atom stereocenters. The summed E-state index contributed by atoms with van der Waals surface area (Å²) in [5.41, 5.74) is 2.57. The van der Waals surface area contributed by atoms with Gasteiger partial charge in [0.25, 0.3) is 0 Å². The van der Waals surface area contributed by atoms with Crippen LogP contribution >= 0.6 is 0 Å². The molecule has 26 heavy (non-hydrogen) atoms. The first kappa shape index (κ1) is 17.4. The van der Waals surface area contributed by atoms with E-state index in [1.54, 1.807) is 48.8 Å². The molecule has 4 heteroatoms. The lowest BCUT2D eigenvalue weighted by atomic mass is 10.1. The highest BCUT2D eigenvalue weighted by Crippen LogP contribution is 2.17. The van der Waals surface area contributed by atoms with E-state index in [4.69, 9.17) is 9.47 Å². The van der Waals surface area contributed by atoms with Crippen molar-refractivity contribution in [2.75, 3.05) is 6.61 Å². The van der Waals surface area contributed by atoms with Crippen LogP contribution in [-0.4, -0.2) is 17.6 Å². The van der Waals surface area contributed by atoms with Crippen molar-refractivity contribution in [3.8, 4) is 11.5 Å². The smallest absolute Gasteiger partial charge is 0.343 e. The zero-order valence-corrected chi connectivity index (χ0v) is 14.5. The van der Waals surface area contributed by atoms with E-state index in [1.165, 1.54) is 0 Å². The minimum Gasteiger partial charge on any atom is -0.494 e. The first-order valence-corrected chi connectivity index (χ1v) is 8.38. The van der Waals surface area contributed by atoms with E-state index < -0.39 is 5.97 Å². The maximum absolute atomic E-state index is 12.2. The Kier molecular flexibility index (Phi) is 5.78. The van der Waals surface area contributed by atoms with Crippen molar-refractivity contribution in [3.05, 3.63) is 89.7 Å². The second kappa shape index (κ2) is 8.62. The number of ether oxygens (including phenoxy) is 2. The van der Waals surface area contributed by atoms with Gasteiger partial charge >= 0.3 is 5.97 Å². The molecule has 3 rings (SSSR count). The van der Waals surface area contributed by atoms with E-state index in [9.17, 15) is 4.79 Å². The number of hydrogen-bond acceptors (Lipinski definition) is 4. The van der Waals surface area contributed by atoms with E-state index in [-0.39, 0.29) is 0 Å². The van der Waals surface area contributed by atoms with E-state index >= 15 is 0 Å². The standard InChI is InChI=1S/C22H19NO3/c1-2-25-20-11-7-19(8-12-20)22(24)26-21-9-5-17(6-10-21)3-4-18-13-15-23-16-14-18/h3-16H,2H2,1H3. The molecule has 0 radical (unpaired) electrons. The topological polar surface area (TPSA) is 48.4 Å². The number of benzene rings is 2. The van der Waals surface area contributed by atoms with E-state index in [0.717, 1.165) is 16.9 Å². The number of carbonyl (C=O) groups excluding carboxylic acids is 1. The quantitative estimate of drug-likeness (QED) is 0.472. The summed E-state index contributed by atoms with van der Waals surface area (Å²) in [6, 6.07) is 18.1. The lowest BCUT2D eigenvalue weighted by Gasteiger charge is -2.06. The molecule has 0 amide bonds. The molecule has 2 aromatic carbocycles. The summed E-state index contributed by atoms with van der Waals surface area (Å²) >= 11 is 0. The Balaban J connectivity index is 1.61. The van der Waals surface area contributed by atoms with Crippen molar-refractivity contribution in [2.24, 2.45) is 0 Å². The molecule has 1 heterocycles. The van der Waals surface area contributed by atoms with Crippen LogP contribution in [0.3, 0.4) is 0 Å². The van der Waals surface area contributed by atoms with Crippen LogP contribution in [0.2, 0.25) is 0 Å². The van der Waals surface area contributed by atoms with Crippen LogP contribution in [-0.2, 0) is 0 Å². The van der Waals surface area contributed by atoms with Crippen molar-refractivity contribution in [1.29, 1.82) is 0 Å². The molecule has 0 fully saturated rings. The van der Waals surface area contributed by atoms with Crippen molar-refractivity contribution in [3.63, 3.8) is 0 Å². The summed E-state index contributed by atoms with van der Waals surface area (Å²) in [4.78, 5) is 16.2. The van der Waals surface area contributed by atoms with Gasteiger partial charge in [0.05, 0.1) is 12.2 Å². The molecule has 0 aliphatic carbocycles. The van der Waals surface area contributed by atoms with Gasteiger partial charge in [-0.1, -0.05) is 24.3 Å². The molecular weight excluding hydrogens is 326 g/mol. The van der Waals surface area contributed by atoms with Gasteiger partial charge in [0.2, 0.25) is 0 Å². The van der Waals surface area contributed by atoms with Gasteiger partial charge in [-0.2, -0.15) is 0 Å². The fourth-order valence-electron chi connectivity index (χ4n) is 2.33. The second-order valence-electron chi connectivity index (χ2n) is 5.53. The largest absolute Gasteiger partial charge is 0.494 e. The normalized spacial score (nSPS) is 10.7. The molecule has 1 aromatic heterocycles. The van der Waals surface area contributed by atoms with Crippen LogP contribution in [0.15, 0.2) is 73.1 Å². The van der Waals surface area contributed by atoms with Crippen molar-refractivity contribution < 1.29 is 14.3 Å². The summed E-state index contributed by atoms with van der Waals surface area (Å²) in [6.07, 6.45) is 7.50. The molecular formula is C22H19NO3. The zero-order valence-electron chi connectivity index (χ0n) is 14.5. The molecule has 0 atom stereocenters. The molecule has 0 saturated heterocycles. The summed E-state index contributed by atoms with van der Waals surface area (Å²) < 4.78 is 10.8. The molecule has 0 spiro atoms. The summed E-state index contributed by atoms with van der Waals surface area (Å²) in [6.45, 7) is 2.50. The lowest BCUT2D eigenvalue weighted by Crippen LogP contribution is -2.08. The van der Waals surface area contributed by atoms with Crippen LogP contribution in [0.4, 0.5) is 0 Å². The Morgan fingerprint density at radius 3 is 2.04 bits per heavy atom. The van der Waals surface area contributed by atoms with Gasteiger partial charge in [-0.05, 0) is 66.6 Å². The SMILES string of the molecule is CCOc1ccc(C(=O)Oc2ccc(C=Cc3ccncc3)cc2)cc1. The lowest BCUT2D eigenvalue weighted by molar-refractivity contribution is 0.0734. The number of pyridine rings is 1. The number of hydrogen-bond donors (Lipinski definition) is 0. The van der Waals surface area contributed by atoms with Crippen LogP contribution in [0.5, 0.6) is 11.5 Å². The minimum atomic E-state index is -0.395. The molecule has 0 aliphatic heterocycles. The van der Waals surface area contributed by atoms with Gasteiger partial charge in [-0.3, -0.25) is 4.98 Å². The number of carbonyl (C=O) groups is 1. The van der Waals surface area contributed by atoms with E-state index in [1.807, 2.05) is 43.3 Å². The predicted octanol–water partition coefficient (Wildman–Crippen LogP) is 4.87. The van der Waals surface area contributed by atoms with Crippen LogP contribution < -0.4 is 9.47 Å². The van der Waals surface area contributed by atoms with Gasteiger partial charge < -0.3 is 9.47 Å². The number of rotatable bonds is 6. The summed E-state index contributed by atoms with van der Waals surface area (Å²) in [5, 5.41) is 0.